The number of benzene rings is 1. The molecule has 1 amide bonds. The van der Waals surface area contributed by atoms with E-state index in [2.05, 4.69) is 9.47 Å². The summed E-state index contributed by atoms with van der Waals surface area (Å²) in [6, 6.07) is 8.19. The van der Waals surface area contributed by atoms with Crippen molar-refractivity contribution in [1.82, 2.24) is 14.7 Å². The average Bonchev–Trinajstić information content (AvgIpc) is 2.90. The predicted octanol–water partition coefficient (Wildman–Crippen LogP) is 2.46. The standard InChI is InChI=1S/C19H23F3N4O5/c1-5-30-16(28)18(19(20,21)22,24-17(29)31-6-2)23-14-12(3)25(4)26(15(14)27)13-10-8-7-9-11-13/h7-11,23H,5-6H2,1-4H3,(H,24,29). The highest BCUT2D eigenvalue weighted by molar-refractivity contribution is 5.89. The Morgan fingerprint density at radius 2 is 1.65 bits per heavy atom. The molecule has 12 heteroatoms. The Kier molecular flexibility index (Phi) is 7.03. The highest BCUT2D eigenvalue weighted by atomic mass is 19.4. The number of carbonyl (C=O) groups is 2. The molecule has 1 atom stereocenters. The van der Waals surface area contributed by atoms with E-state index < -0.39 is 41.8 Å². The molecule has 1 unspecified atom stereocenters. The topological polar surface area (TPSA) is 104 Å². The van der Waals surface area contributed by atoms with Crippen LogP contribution in [-0.2, 0) is 21.3 Å². The second-order valence-corrected chi connectivity index (χ2v) is 6.38. The zero-order chi connectivity index (χ0) is 23.4. The van der Waals surface area contributed by atoms with Gasteiger partial charge in [-0.1, -0.05) is 18.2 Å². The predicted molar refractivity (Wildman–Crippen MR) is 105 cm³/mol. The van der Waals surface area contributed by atoms with E-state index in [4.69, 9.17) is 0 Å². The molecular formula is C19H23F3N4O5. The number of aromatic nitrogens is 2. The van der Waals surface area contributed by atoms with Crippen molar-refractivity contribution in [2.24, 2.45) is 7.05 Å². The molecule has 0 aliphatic heterocycles. The number of amides is 1. The first kappa shape index (κ1) is 23.8. The molecule has 0 saturated heterocycles. The van der Waals surface area contributed by atoms with Crippen LogP contribution >= 0.6 is 0 Å². The second-order valence-electron chi connectivity index (χ2n) is 6.38. The van der Waals surface area contributed by atoms with Crippen molar-refractivity contribution in [3.8, 4) is 5.69 Å². The summed E-state index contributed by atoms with van der Waals surface area (Å²) in [5.41, 5.74) is -4.70. The van der Waals surface area contributed by atoms with E-state index >= 15 is 0 Å². The molecule has 2 N–H and O–H groups in total. The number of nitrogens with one attached hydrogen (secondary N) is 2. The average molecular weight is 444 g/mol. The number of esters is 1. The number of carbonyl (C=O) groups excluding carboxylic acids is 2. The Bertz CT molecular complexity index is 1000. The van der Waals surface area contributed by atoms with Crippen LogP contribution in [0.15, 0.2) is 35.1 Å². The molecule has 31 heavy (non-hydrogen) atoms. The van der Waals surface area contributed by atoms with E-state index in [1.165, 1.54) is 37.8 Å². The number of hydrogen-bond donors (Lipinski definition) is 2. The summed E-state index contributed by atoms with van der Waals surface area (Å²) in [4.78, 5) is 37.4. The monoisotopic (exact) mass is 444 g/mol. The maximum absolute atomic E-state index is 14.2. The molecule has 1 aromatic carbocycles. The van der Waals surface area contributed by atoms with Gasteiger partial charge < -0.3 is 14.8 Å². The first-order valence-electron chi connectivity index (χ1n) is 9.31. The molecule has 0 aliphatic carbocycles. The number of alkyl carbamates (subject to hydrolysis) is 1. The van der Waals surface area contributed by atoms with Gasteiger partial charge in [-0.15, -0.1) is 0 Å². The van der Waals surface area contributed by atoms with Crippen molar-refractivity contribution >= 4 is 17.7 Å². The number of halogens is 3. The first-order chi connectivity index (χ1) is 14.5. The zero-order valence-corrected chi connectivity index (χ0v) is 17.4. The molecule has 0 bridgehead atoms. The van der Waals surface area contributed by atoms with Gasteiger partial charge in [0, 0.05) is 7.05 Å². The van der Waals surface area contributed by atoms with Crippen LogP contribution in [0.4, 0.5) is 23.7 Å². The van der Waals surface area contributed by atoms with E-state index in [0.29, 0.717) is 5.69 Å². The van der Waals surface area contributed by atoms with Crippen molar-refractivity contribution in [1.29, 1.82) is 0 Å². The lowest BCUT2D eigenvalue weighted by atomic mass is 10.1. The highest BCUT2D eigenvalue weighted by Crippen LogP contribution is 2.33. The number of ether oxygens (including phenoxy) is 2. The summed E-state index contributed by atoms with van der Waals surface area (Å²) in [5, 5.41) is 3.41. The van der Waals surface area contributed by atoms with Gasteiger partial charge in [-0.25, -0.2) is 14.3 Å². The van der Waals surface area contributed by atoms with Gasteiger partial charge in [-0.05, 0) is 32.9 Å². The summed E-state index contributed by atoms with van der Waals surface area (Å²) in [6.45, 7) is 3.44. The number of nitrogens with zero attached hydrogens (tertiary/aromatic N) is 2. The summed E-state index contributed by atoms with van der Waals surface area (Å²) >= 11 is 0. The summed E-state index contributed by atoms with van der Waals surface area (Å²) in [7, 11) is 1.47. The third-order valence-corrected chi connectivity index (χ3v) is 4.44. The Balaban J connectivity index is 2.68. The summed E-state index contributed by atoms with van der Waals surface area (Å²) < 4.78 is 54.1. The molecule has 2 rings (SSSR count). The van der Waals surface area contributed by atoms with Gasteiger partial charge in [0.15, 0.2) is 0 Å². The Morgan fingerprint density at radius 1 is 1.06 bits per heavy atom. The van der Waals surface area contributed by atoms with Crippen LogP contribution in [0.3, 0.4) is 0 Å². The van der Waals surface area contributed by atoms with Crippen LogP contribution < -0.4 is 16.2 Å². The number of para-hydroxylation sites is 1. The van der Waals surface area contributed by atoms with Crippen LogP contribution in [0.2, 0.25) is 0 Å². The van der Waals surface area contributed by atoms with Crippen LogP contribution in [0.1, 0.15) is 19.5 Å². The minimum absolute atomic E-state index is 0.0810. The molecule has 1 heterocycles. The van der Waals surface area contributed by atoms with Gasteiger partial charge in [-0.2, -0.15) is 13.2 Å². The van der Waals surface area contributed by atoms with Crippen LogP contribution in [0.5, 0.6) is 0 Å². The minimum Gasteiger partial charge on any atom is -0.463 e. The van der Waals surface area contributed by atoms with Gasteiger partial charge in [-0.3, -0.25) is 14.8 Å². The van der Waals surface area contributed by atoms with Gasteiger partial charge in [0.05, 0.1) is 24.6 Å². The zero-order valence-electron chi connectivity index (χ0n) is 17.4. The Labute approximate surface area is 175 Å². The van der Waals surface area contributed by atoms with E-state index in [0.717, 1.165) is 4.68 Å². The van der Waals surface area contributed by atoms with Gasteiger partial charge >= 0.3 is 23.9 Å². The quantitative estimate of drug-likeness (QED) is 0.502. The van der Waals surface area contributed by atoms with E-state index in [1.54, 1.807) is 30.3 Å². The normalized spacial score (nSPS) is 13.3. The molecule has 2 aromatic rings. The maximum atomic E-state index is 14.2. The lowest BCUT2D eigenvalue weighted by Gasteiger charge is -2.34. The van der Waals surface area contributed by atoms with E-state index in [-0.39, 0.29) is 12.3 Å². The molecule has 1 aromatic heterocycles. The molecule has 170 valence electrons. The van der Waals surface area contributed by atoms with Crippen LogP contribution in [-0.4, -0.2) is 46.5 Å². The van der Waals surface area contributed by atoms with Crippen molar-refractivity contribution in [2.45, 2.75) is 32.6 Å². The third-order valence-electron chi connectivity index (χ3n) is 4.44. The van der Waals surface area contributed by atoms with Crippen molar-refractivity contribution in [2.75, 3.05) is 18.5 Å². The maximum Gasteiger partial charge on any atom is 0.442 e. The lowest BCUT2D eigenvalue weighted by molar-refractivity contribution is -0.205. The van der Waals surface area contributed by atoms with Crippen LogP contribution in [0.25, 0.3) is 5.69 Å². The van der Waals surface area contributed by atoms with Crippen molar-refractivity contribution in [3.63, 3.8) is 0 Å². The Morgan fingerprint density at radius 3 is 2.16 bits per heavy atom. The summed E-state index contributed by atoms with van der Waals surface area (Å²) in [5.74, 6) is -1.84. The summed E-state index contributed by atoms with van der Waals surface area (Å²) in [6.07, 6.45) is -6.91. The Hall–Kier alpha value is -3.44. The van der Waals surface area contributed by atoms with E-state index in [9.17, 15) is 27.6 Å². The number of hydrogen-bond acceptors (Lipinski definition) is 6. The number of alkyl halides is 3. The highest BCUT2D eigenvalue weighted by Gasteiger charge is 2.64. The van der Waals surface area contributed by atoms with Gasteiger partial charge in [0.1, 0.15) is 5.69 Å². The van der Waals surface area contributed by atoms with Gasteiger partial charge in [0.25, 0.3) is 5.56 Å². The fourth-order valence-corrected chi connectivity index (χ4v) is 2.85. The molecule has 0 saturated carbocycles. The largest absolute Gasteiger partial charge is 0.463 e. The molecule has 0 radical (unpaired) electrons. The molecule has 0 spiro atoms. The third kappa shape index (κ3) is 4.52. The number of rotatable bonds is 7. The second kappa shape index (κ2) is 9.14. The van der Waals surface area contributed by atoms with Gasteiger partial charge in [0.2, 0.25) is 0 Å². The van der Waals surface area contributed by atoms with E-state index in [1.807, 2.05) is 5.32 Å². The number of anilines is 1. The minimum atomic E-state index is -5.39. The lowest BCUT2D eigenvalue weighted by Crippen LogP contribution is -2.69. The fraction of sp³-hybridized carbons (Fsp3) is 0.421. The molecule has 0 fully saturated rings. The fourth-order valence-electron chi connectivity index (χ4n) is 2.85. The van der Waals surface area contributed by atoms with Crippen molar-refractivity contribution < 1.29 is 32.2 Å². The van der Waals surface area contributed by atoms with Crippen LogP contribution in [0, 0.1) is 6.92 Å². The molecular weight excluding hydrogens is 421 g/mol. The molecule has 9 nitrogen and oxygen atoms in total. The SMILES string of the molecule is CCOC(=O)NC(Nc1c(C)n(C)n(-c2ccccc2)c1=O)(C(=O)OCC)C(F)(F)F. The molecule has 0 aliphatic rings. The smallest absolute Gasteiger partial charge is 0.442 e. The first-order valence-corrected chi connectivity index (χ1v) is 9.31. The van der Waals surface area contributed by atoms with Crippen molar-refractivity contribution in [3.05, 3.63) is 46.4 Å².